The summed E-state index contributed by atoms with van der Waals surface area (Å²) in [5, 5.41) is 2.75. The molecule has 0 aliphatic carbocycles. The van der Waals surface area contributed by atoms with Crippen molar-refractivity contribution in [2.24, 2.45) is 5.73 Å². The van der Waals surface area contributed by atoms with E-state index in [1.54, 1.807) is 18.5 Å². The zero-order valence-corrected chi connectivity index (χ0v) is 8.45. The van der Waals surface area contributed by atoms with Gasteiger partial charge in [-0.3, -0.25) is 9.78 Å². The van der Waals surface area contributed by atoms with Gasteiger partial charge >= 0.3 is 0 Å². The molecule has 0 aliphatic heterocycles. The van der Waals surface area contributed by atoms with Crippen LogP contribution in [0.2, 0.25) is 0 Å². The van der Waals surface area contributed by atoms with Gasteiger partial charge in [0.15, 0.2) is 0 Å². The molecule has 1 heterocycles. The van der Waals surface area contributed by atoms with Gasteiger partial charge in [-0.05, 0) is 25.5 Å². The summed E-state index contributed by atoms with van der Waals surface area (Å²) in [6, 6.07) is 1.67. The van der Waals surface area contributed by atoms with E-state index in [1.165, 1.54) is 0 Å². The van der Waals surface area contributed by atoms with E-state index in [9.17, 15) is 4.79 Å². The van der Waals surface area contributed by atoms with Crippen LogP contribution in [-0.4, -0.2) is 23.5 Å². The van der Waals surface area contributed by atoms with Crippen LogP contribution in [0.5, 0.6) is 0 Å². The van der Waals surface area contributed by atoms with Crippen molar-refractivity contribution < 1.29 is 4.79 Å². The highest BCUT2D eigenvalue weighted by Crippen LogP contribution is 2.03. The van der Waals surface area contributed by atoms with Crippen molar-refractivity contribution in [1.29, 1.82) is 0 Å². The summed E-state index contributed by atoms with van der Waals surface area (Å²) >= 11 is 0. The third kappa shape index (κ3) is 2.81. The van der Waals surface area contributed by atoms with E-state index in [1.807, 2.05) is 13.8 Å². The molecule has 1 aromatic heterocycles. The van der Waals surface area contributed by atoms with Gasteiger partial charge in [0.05, 0.1) is 0 Å². The van der Waals surface area contributed by atoms with Crippen LogP contribution in [0.4, 0.5) is 0 Å². The Labute approximate surface area is 83.5 Å². The minimum atomic E-state index is -0.0952. The number of nitrogens with one attached hydrogen (secondary N) is 1. The maximum Gasteiger partial charge on any atom is 0.251 e. The number of carbonyl (C=O) groups excluding carboxylic acids is 1. The Balaban J connectivity index is 2.65. The second-order valence-electron chi connectivity index (χ2n) is 3.38. The SMILES string of the molecule is Cc1cnccc1C(=O)NCC(C)N. The Morgan fingerprint density at radius 2 is 2.43 bits per heavy atom. The Hall–Kier alpha value is -1.42. The lowest BCUT2D eigenvalue weighted by Crippen LogP contribution is -2.35. The van der Waals surface area contributed by atoms with Crippen LogP contribution in [0.15, 0.2) is 18.5 Å². The number of pyridine rings is 1. The summed E-state index contributed by atoms with van der Waals surface area (Å²) in [4.78, 5) is 15.5. The van der Waals surface area contributed by atoms with Gasteiger partial charge in [0.25, 0.3) is 5.91 Å². The highest BCUT2D eigenvalue weighted by molar-refractivity contribution is 5.95. The number of nitrogens with two attached hydrogens (primary N) is 1. The average molecular weight is 193 g/mol. The van der Waals surface area contributed by atoms with Crippen LogP contribution in [0.3, 0.4) is 0 Å². The minimum absolute atomic E-state index is 0.0268. The minimum Gasteiger partial charge on any atom is -0.350 e. The lowest BCUT2D eigenvalue weighted by Gasteiger charge is -2.08. The van der Waals surface area contributed by atoms with E-state index < -0.39 is 0 Å². The second-order valence-corrected chi connectivity index (χ2v) is 3.38. The first-order valence-corrected chi connectivity index (χ1v) is 4.55. The maximum atomic E-state index is 11.6. The number of rotatable bonds is 3. The van der Waals surface area contributed by atoms with Crippen LogP contribution in [0.1, 0.15) is 22.8 Å². The number of aryl methyl sites for hydroxylation is 1. The van der Waals surface area contributed by atoms with Gasteiger partial charge in [0, 0.05) is 30.5 Å². The van der Waals surface area contributed by atoms with Crippen molar-refractivity contribution >= 4 is 5.91 Å². The zero-order valence-electron chi connectivity index (χ0n) is 8.45. The molecule has 3 N–H and O–H groups in total. The molecule has 0 fully saturated rings. The molecule has 4 heteroatoms. The molecule has 1 unspecified atom stereocenters. The molecule has 14 heavy (non-hydrogen) atoms. The summed E-state index contributed by atoms with van der Waals surface area (Å²) in [5.74, 6) is -0.0952. The number of aromatic nitrogens is 1. The molecule has 0 radical (unpaired) electrons. The van der Waals surface area contributed by atoms with Crippen LogP contribution >= 0.6 is 0 Å². The summed E-state index contributed by atoms with van der Waals surface area (Å²) in [5.41, 5.74) is 7.05. The van der Waals surface area contributed by atoms with Gasteiger partial charge in [0.1, 0.15) is 0 Å². The first kappa shape index (κ1) is 10.7. The van der Waals surface area contributed by atoms with Crippen LogP contribution < -0.4 is 11.1 Å². The molecule has 4 nitrogen and oxygen atoms in total. The van der Waals surface area contributed by atoms with E-state index in [-0.39, 0.29) is 11.9 Å². The van der Waals surface area contributed by atoms with Crippen molar-refractivity contribution in [3.8, 4) is 0 Å². The van der Waals surface area contributed by atoms with Crippen molar-refractivity contribution in [3.05, 3.63) is 29.6 Å². The zero-order chi connectivity index (χ0) is 10.6. The maximum absolute atomic E-state index is 11.6. The van der Waals surface area contributed by atoms with Gasteiger partial charge < -0.3 is 11.1 Å². The summed E-state index contributed by atoms with van der Waals surface area (Å²) in [6.07, 6.45) is 3.27. The Kier molecular flexibility index (Phi) is 3.59. The number of carbonyl (C=O) groups is 1. The molecular weight excluding hydrogens is 178 g/mol. The lowest BCUT2D eigenvalue weighted by atomic mass is 10.1. The van der Waals surface area contributed by atoms with Crippen LogP contribution in [-0.2, 0) is 0 Å². The fourth-order valence-corrected chi connectivity index (χ4v) is 1.08. The number of nitrogens with zero attached hydrogens (tertiary/aromatic N) is 1. The van der Waals surface area contributed by atoms with Crippen molar-refractivity contribution in [2.75, 3.05) is 6.54 Å². The van der Waals surface area contributed by atoms with E-state index in [2.05, 4.69) is 10.3 Å². The van der Waals surface area contributed by atoms with Crippen molar-refractivity contribution in [3.63, 3.8) is 0 Å². The summed E-state index contributed by atoms with van der Waals surface area (Å²) < 4.78 is 0. The number of hydrogen-bond acceptors (Lipinski definition) is 3. The molecule has 0 saturated carbocycles. The monoisotopic (exact) mass is 193 g/mol. The first-order chi connectivity index (χ1) is 6.61. The predicted octanol–water partition coefficient (Wildman–Crippen LogP) is 0.467. The molecular formula is C10H15N3O. The Bertz CT molecular complexity index is 323. The topological polar surface area (TPSA) is 68.0 Å². The molecule has 0 spiro atoms. The standard InChI is InChI=1S/C10H15N3O/c1-7-5-12-4-3-9(7)10(14)13-6-8(2)11/h3-5,8H,6,11H2,1-2H3,(H,13,14). The largest absolute Gasteiger partial charge is 0.350 e. The quantitative estimate of drug-likeness (QED) is 0.733. The third-order valence-corrected chi connectivity index (χ3v) is 1.85. The smallest absolute Gasteiger partial charge is 0.251 e. The van der Waals surface area contributed by atoms with E-state index in [0.29, 0.717) is 12.1 Å². The molecule has 0 aromatic carbocycles. The van der Waals surface area contributed by atoms with Crippen molar-refractivity contribution in [1.82, 2.24) is 10.3 Å². The molecule has 0 aliphatic rings. The lowest BCUT2D eigenvalue weighted by molar-refractivity contribution is 0.0951. The second kappa shape index (κ2) is 4.72. The Morgan fingerprint density at radius 3 is 3.00 bits per heavy atom. The highest BCUT2D eigenvalue weighted by atomic mass is 16.1. The molecule has 0 bridgehead atoms. The van der Waals surface area contributed by atoms with E-state index in [4.69, 9.17) is 5.73 Å². The molecule has 1 aromatic rings. The van der Waals surface area contributed by atoms with Crippen LogP contribution in [0, 0.1) is 6.92 Å². The van der Waals surface area contributed by atoms with Crippen molar-refractivity contribution in [2.45, 2.75) is 19.9 Å². The number of hydrogen-bond donors (Lipinski definition) is 2. The molecule has 0 saturated heterocycles. The van der Waals surface area contributed by atoms with Gasteiger partial charge in [-0.2, -0.15) is 0 Å². The van der Waals surface area contributed by atoms with Crippen LogP contribution in [0.25, 0.3) is 0 Å². The molecule has 76 valence electrons. The normalized spacial score (nSPS) is 12.2. The molecule has 1 atom stereocenters. The fraction of sp³-hybridized carbons (Fsp3) is 0.400. The van der Waals surface area contributed by atoms with Gasteiger partial charge in [0.2, 0.25) is 0 Å². The highest BCUT2D eigenvalue weighted by Gasteiger charge is 2.07. The number of amides is 1. The summed E-state index contributed by atoms with van der Waals surface area (Å²) in [6.45, 7) is 4.19. The van der Waals surface area contributed by atoms with Gasteiger partial charge in [-0.25, -0.2) is 0 Å². The third-order valence-electron chi connectivity index (χ3n) is 1.85. The molecule has 1 amide bonds. The van der Waals surface area contributed by atoms with E-state index >= 15 is 0 Å². The van der Waals surface area contributed by atoms with Gasteiger partial charge in [-0.15, -0.1) is 0 Å². The predicted molar refractivity (Wildman–Crippen MR) is 55.0 cm³/mol. The summed E-state index contributed by atoms with van der Waals surface area (Å²) in [7, 11) is 0. The average Bonchev–Trinajstić information content (AvgIpc) is 2.15. The molecule has 1 rings (SSSR count). The Morgan fingerprint density at radius 1 is 1.71 bits per heavy atom. The first-order valence-electron chi connectivity index (χ1n) is 4.55. The van der Waals surface area contributed by atoms with Gasteiger partial charge in [-0.1, -0.05) is 0 Å². The van der Waals surface area contributed by atoms with E-state index in [0.717, 1.165) is 5.56 Å². The fourth-order valence-electron chi connectivity index (χ4n) is 1.08.